The van der Waals surface area contributed by atoms with Crippen LogP contribution < -0.4 is 5.32 Å². The quantitative estimate of drug-likeness (QED) is 0.474. The van der Waals surface area contributed by atoms with Gasteiger partial charge in [0.25, 0.3) is 0 Å². The van der Waals surface area contributed by atoms with Crippen LogP contribution in [0.4, 0.5) is 0 Å². The summed E-state index contributed by atoms with van der Waals surface area (Å²) in [5.74, 6) is 2.26. The molecule has 0 spiro atoms. The number of carbonyl (C=O) groups is 1. The van der Waals surface area contributed by atoms with Gasteiger partial charge in [0.15, 0.2) is 11.7 Å². The van der Waals surface area contributed by atoms with Crippen molar-refractivity contribution in [2.45, 2.75) is 39.0 Å². The molecule has 1 aliphatic rings. The molecule has 1 aromatic heterocycles. The van der Waals surface area contributed by atoms with E-state index in [1.807, 2.05) is 60.7 Å². The Morgan fingerprint density at radius 3 is 2.38 bits per heavy atom. The number of oxazole rings is 1. The van der Waals surface area contributed by atoms with Gasteiger partial charge in [-0.2, -0.15) is 0 Å². The van der Waals surface area contributed by atoms with Crippen LogP contribution >= 0.6 is 0 Å². The van der Waals surface area contributed by atoms with Gasteiger partial charge in [0.2, 0.25) is 5.91 Å². The standard InChI is InChI=1S/C27H33N3O2/c1-21-15-19-30(20-16-21)18-8-17-28-24(31)13-14-25-29-26(22-9-4-2-5-10-22)27(32-25)23-11-6-3-7-12-23/h2-7,9-12,21H,8,13-20H2,1H3,(H,28,31). The summed E-state index contributed by atoms with van der Waals surface area (Å²) >= 11 is 0. The van der Waals surface area contributed by atoms with E-state index in [-0.39, 0.29) is 5.91 Å². The van der Waals surface area contributed by atoms with Crippen LogP contribution in [0.2, 0.25) is 0 Å². The SMILES string of the molecule is CC1CCN(CCCNC(=O)CCc2nc(-c3ccccc3)c(-c3ccccc3)o2)CC1. The number of benzene rings is 2. The smallest absolute Gasteiger partial charge is 0.220 e. The maximum atomic E-state index is 12.3. The lowest BCUT2D eigenvalue weighted by atomic mass is 9.99. The van der Waals surface area contributed by atoms with E-state index in [1.54, 1.807) is 0 Å². The maximum absolute atomic E-state index is 12.3. The minimum Gasteiger partial charge on any atom is -0.440 e. The molecule has 0 aliphatic carbocycles. The summed E-state index contributed by atoms with van der Waals surface area (Å²) < 4.78 is 6.12. The Morgan fingerprint density at radius 1 is 1.03 bits per heavy atom. The number of amides is 1. The number of hydrogen-bond donors (Lipinski definition) is 1. The molecule has 0 bridgehead atoms. The molecule has 0 unspecified atom stereocenters. The third kappa shape index (κ3) is 6.07. The first-order chi connectivity index (χ1) is 15.7. The van der Waals surface area contributed by atoms with Crippen LogP contribution in [0.1, 0.15) is 38.5 Å². The molecule has 1 saturated heterocycles. The highest BCUT2D eigenvalue weighted by molar-refractivity contribution is 5.77. The molecular weight excluding hydrogens is 398 g/mol. The summed E-state index contributed by atoms with van der Waals surface area (Å²) in [6, 6.07) is 20.1. The van der Waals surface area contributed by atoms with Gasteiger partial charge >= 0.3 is 0 Å². The zero-order valence-corrected chi connectivity index (χ0v) is 18.9. The molecule has 5 heteroatoms. The average Bonchev–Trinajstić information content (AvgIpc) is 3.27. The van der Waals surface area contributed by atoms with Crippen molar-refractivity contribution >= 4 is 5.91 Å². The first-order valence-electron chi connectivity index (χ1n) is 11.8. The molecular formula is C27H33N3O2. The summed E-state index contributed by atoms with van der Waals surface area (Å²) in [5, 5.41) is 3.05. The van der Waals surface area contributed by atoms with Crippen molar-refractivity contribution in [2.75, 3.05) is 26.2 Å². The number of piperidine rings is 1. The number of carbonyl (C=O) groups excluding carboxylic acids is 1. The number of aryl methyl sites for hydroxylation is 1. The highest BCUT2D eigenvalue weighted by Crippen LogP contribution is 2.32. The molecule has 1 amide bonds. The largest absolute Gasteiger partial charge is 0.440 e. The molecule has 1 fully saturated rings. The summed E-state index contributed by atoms with van der Waals surface area (Å²) in [7, 11) is 0. The van der Waals surface area contributed by atoms with Crippen LogP contribution in [0.25, 0.3) is 22.6 Å². The summed E-state index contributed by atoms with van der Waals surface area (Å²) in [6.45, 7) is 6.49. The number of likely N-dealkylation sites (tertiary alicyclic amines) is 1. The predicted molar refractivity (Wildman–Crippen MR) is 128 cm³/mol. The molecule has 1 aliphatic heterocycles. The fourth-order valence-corrected chi connectivity index (χ4v) is 4.17. The zero-order chi connectivity index (χ0) is 22.2. The maximum Gasteiger partial charge on any atom is 0.220 e. The zero-order valence-electron chi connectivity index (χ0n) is 18.9. The second kappa shape index (κ2) is 11.1. The van der Waals surface area contributed by atoms with Crippen molar-refractivity contribution in [3.8, 4) is 22.6 Å². The number of hydrogen-bond acceptors (Lipinski definition) is 4. The average molecular weight is 432 g/mol. The molecule has 32 heavy (non-hydrogen) atoms. The topological polar surface area (TPSA) is 58.4 Å². The van der Waals surface area contributed by atoms with E-state index in [0.29, 0.717) is 18.7 Å². The van der Waals surface area contributed by atoms with Gasteiger partial charge < -0.3 is 14.6 Å². The van der Waals surface area contributed by atoms with Gasteiger partial charge in [-0.1, -0.05) is 67.6 Å². The van der Waals surface area contributed by atoms with Gasteiger partial charge in [0, 0.05) is 30.5 Å². The van der Waals surface area contributed by atoms with E-state index in [1.165, 1.54) is 25.9 Å². The molecule has 0 radical (unpaired) electrons. The van der Waals surface area contributed by atoms with E-state index >= 15 is 0 Å². The second-order valence-electron chi connectivity index (χ2n) is 8.75. The van der Waals surface area contributed by atoms with E-state index < -0.39 is 0 Å². The monoisotopic (exact) mass is 431 g/mol. The molecule has 5 nitrogen and oxygen atoms in total. The Balaban J connectivity index is 1.30. The lowest BCUT2D eigenvalue weighted by Crippen LogP contribution is -2.35. The highest BCUT2D eigenvalue weighted by atomic mass is 16.4. The predicted octanol–water partition coefficient (Wildman–Crippen LogP) is 5.18. The summed E-state index contributed by atoms with van der Waals surface area (Å²) in [4.78, 5) is 19.6. The van der Waals surface area contributed by atoms with E-state index in [0.717, 1.165) is 48.0 Å². The van der Waals surface area contributed by atoms with Crippen molar-refractivity contribution in [1.29, 1.82) is 0 Å². The Morgan fingerprint density at radius 2 is 1.69 bits per heavy atom. The molecule has 3 aromatic rings. The highest BCUT2D eigenvalue weighted by Gasteiger charge is 2.18. The van der Waals surface area contributed by atoms with Gasteiger partial charge in [-0.25, -0.2) is 4.98 Å². The van der Waals surface area contributed by atoms with Crippen molar-refractivity contribution in [3.63, 3.8) is 0 Å². The summed E-state index contributed by atoms with van der Waals surface area (Å²) in [5.41, 5.74) is 2.82. The fraction of sp³-hybridized carbons (Fsp3) is 0.407. The number of nitrogens with one attached hydrogen (secondary N) is 1. The van der Waals surface area contributed by atoms with Gasteiger partial charge in [0.1, 0.15) is 5.69 Å². The van der Waals surface area contributed by atoms with Crippen LogP contribution in [-0.2, 0) is 11.2 Å². The number of rotatable bonds is 9. The minimum atomic E-state index is 0.0537. The van der Waals surface area contributed by atoms with Crippen molar-refractivity contribution in [2.24, 2.45) is 5.92 Å². The van der Waals surface area contributed by atoms with Crippen molar-refractivity contribution in [3.05, 3.63) is 66.6 Å². The molecule has 0 saturated carbocycles. The minimum absolute atomic E-state index is 0.0537. The molecule has 2 aromatic carbocycles. The first-order valence-corrected chi connectivity index (χ1v) is 11.8. The van der Waals surface area contributed by atoms with Gasteiger partial charge in [-0.15, -0.1) is 0 Å². The van der Waals surface area contributed by atoms with Crippen LogP contribution in [0.15, 0.2) is 65.1 Å². The second-order valence-corrected chi connectivity index (χ2v) is 8.75. The third-order valence-corrected chi connectivity index (χ3v) is 6.17. The molecule has 2 heterocycles. The third-order valence-electron chi connectivity index (χ3n) is 6.17. The van der Waals surface area contributed by atoms with Crippen LogP contribution in [-0.4, -0.2) is 42.0 Å². The summed E-state index contributed by atoms with van der Waals surface area (Å²) in [6.07, 6.45) is 4.44. The van der Waals surface area contributed by atoms with Gasteiger partial charge in [0.05, 0.1) is 0 Å². The lowest BCUT2D eigenvalue weighted by Gasteiger charge is -2.30. The first kappa shape index (κ1) is 22.3. The molecule has 0 atom stereocenters. The molecule has 1 N–H and O–H groups in total. The van der Waals surface area contributed by atoms with Crippen LogP contribution in [0.3, 0.4) is 0 Å². The number of aromatic nitrogens is 1. The fourth-order valence-electron chi connectivity index (χ4n) is 4.17. The van der Waals surface area contributed by atoms with Crippen molar-refractivity contribution < 1.29 is 9.21 Å². The van der Waals surface area contributed by atoms with E-state index in [9.17, 15) is 4.79 Å². The number of nitrogens with zero attached hydrogens (tertiary/aromatic N) is 2. The normalized spacial score (nSPS) is 15.0. The van der Waals surface area contributed by atoms with Crippen molar-refractivity contribution in [1.82, 2.24) is 15.2 Å². The Kier molecular flexibility index (Phi) is 7.73. The molecule has 168 valence electrons. The van der Waals surface area contributed by atoms with Crippen LogP contribution in [0, 0.1) is 5.92 Å². The van der Waals surface area contributed by atoms with Gasteiger partial charge in [-0.05, 0) is 44.8 Å². The lowest BCUT2D eigenvalue weighted by molar-refractivity contribution is -0.121. The Hall–Kier alpha value is -2.92. The Labute approximate surface area is 190 Å². The Bertz CT molecular complexity index is 920. The van der Waals surface area contributed by atoms with Crippen LogP contribution in [0.5, 0.6) is 0 Å². The van der Waals surface area contributed by atoms with Gasteiger partial charge in [-0.3, -0.25) is 4.79 Å². The van der Waals surface area contributed by atoms with E-state index in [2.05, 4.69) is 17.1 Å². The van der Waals surface area contributed by atoms with E-state index in [4.69, 9.17) is 9.40 Å². The molecule has 4 rings (SSSR count).